The number of unbranched alkanes of at least 4 members (excludes halogenated alkanes) is 1. The Kier molecular flexibility index (Phi) is 18.4. The predicted octanol–water partition coefficient (Wildman–Crippen LogP) is -2.38. The third-order valence-electron chi connectivity index (χ3n) is 5.27. The Labute approximate surface area is 227 Å². The Morgan fingerprint density at radius 2 is 1.44 bits per heavy atom. The largest absolute Gasteiger partial charge is 0.480 e. The highest BCUT2D eigenvalue weighted by Gasteiger charge is 2.33. The van der Waals surface area contributed by atoms with Crippen molar-refractivity contribution in [3.05, 3.63) is 0 Å². The normalized spacial score (nSPS) is 14.0. The number of carboxylic acid groups (broad SMARTS) is 2. The van der Waals surface area contributed by atoms with Crippen molar-refractivity contribution in [2.75, 3.05) is 64.9 Å². The summed E-state index contributed by atoms with van der Waals surface area (Å²) >= 11 is 0. The van der Waals surface area contributed by atoms with E-state index >= 15 is 0 Å². The molecule has 0 heterocycles. The number of aliphatic carboxylic acids is 2. The molecule has 6 N–H and O–H groups in total. The van der Waals surface area contributed by atoms with E-state index in [4.69, 9.17) is 19.7 Å². The van der Waals surface area contributed by atoms with E-state index in [0.29, 0.717) is 37.4 Å². The van der Waals surface area contributed by atoms with Gasteiger partial charge in [0.25, 0.3) is 10.1 Å². The Bertz CT molecular complexity index is 855. The minimum Gasteiger partial charge on any atom is -0.480 e. The molecule has 0 aromatic carbocycles. The quantitative estimate of drug-likeness (QED) is 0.0541. The molecule has 0 aliphatic rings. The van der Waals surface area contributed by atoms with Crippen molar-refractivity contribution in [1.82, 2.24) is 15.1 Å². The molecule has 0 aliphatic carbocycles. The molecule has 39 heavy (non-hydrogen) atoms. The number of nitrogens with zero attached hydrogens (tertiary/aromatic N) is 2. The Morgan fingerprint density at radius 3 is 1.87 bits per heavy atom. The average Bonchev–Trinajstić information content (AvgIpc) is 2.81. The smallest absolute Gasteiger partial charge is 0.317 e. The van der Waals surface area contributed by atoms with Gasteiger partial charge in [-0.05, 0) is 19.3 Å². The van der Waals surface area contributed by atoms with Crippen molar-refractivity contribution in [2.45, 2.75) is 51.4 Å². The standard InChI is InChI=1S/C22H41N3O13S/c1-3-17(27)13-37-8-4-5-9-38-14-18(28)10-24(16(2)26)7-6-23-22(33)19(15-39(34,35)36)25(11-20(29)30)12-21(31)32/h17-19,27-28H,3-15H2,1-2H3,(H,23,33)(H,29,30)(H,31,32)(H,34,35,36). The van der Waals surface area contributed by atoms with Crippen molar-refractivity contribution in [3.8, 4) is 0 Å². The van der Waals surface area contributed by atoms with Crippen LogP contribution < -0.4 is 5.32 Å². The second-order valence-corrected chi connectivity index (χ2v) is 10.3. The molecule has 0 rings (SSSR count). The van der Waals surface area contributed by atoms with Crippen LogP contribution in [0.4, 0.5) is 0 Å². The van der Waals surface area contributed by atoms with E-state index in [1.165, 1.54) is 11.8 Å². The SMILES string of the molecule is CCC(O)COCCCCOCC(O)CN(CCNC(=O)C(CS(=O)(=O)O)N(CC(=O)O)CC(=O)O)C(C)=O. The molecule has 0 fully saturated rings. The Hall–Kier alpha value is -2.41. The molecule has 0 aliphatic heterocycles. The highest BCUT2D eigenvalue weighted by Crippen LogP contribution is 2.05. The Balaban J connectivity index is 4.74. The maximum atomic E-state index is 12.6. The third-order valence-corrected chi connectivity index (χ3v) is 6.00. The van der Waals surface area contributed by atoms with E-state index in [9.17, 15) is 42.4 Å². The second kappa shape index (κ2) is 19.6. The molecule has 3 unspecified atom stereocenters. The maximum absolute atomic E-state index is 12.6. The predicted molar refractivity (Wildman–Crippen MR) is 135 cm³/mol. The first-order chi connectivity index (χ1) is 18.2. The molecule has 0 bridgehead atoms. The van der Waals surface area contributed by atoms with Gasteiger partial charge in [0.2, 0.25) is 11.8 Å². The van der Waals surface area contributed by atoms with Crippen LogP contribution in [-0.4, -0.2) is 150 Å². The van der Waals surface area contributed by atoms with Crippen LogP contribution in [0.25, 0.3) is 0 Å². The zero-order valence-corrected chi connectivity index (χ0v) is 23.0. The molecule has 17 heteroatoms. The second-order valence-electron chi connectivity index (χ2n) is 8.79. The summed E-state index contributed by atoms with van der Waals surface area (Å²) in [6.07, 6.45) is 0.422. The van der Waals surface area contributed by atoms with Crippen molar-refractivity contribution in [3.63, 3.8) is 0 Å². The molecule has 16 nitrogen and oxygen atoms in total. The van der Waals surface area contributed by atoms with Crippen LogP contribution in [0.1, 0.15) is 33.1 Å². The summed E-state index contributed by atoms with van der Waals surface area (Å²) in [6, 6.07) is -1.83. The van der Waals surface area contributed by atoms with Gasteiger partial charge in [-0.2, -0.15) is 8.42 Å². The molecular weight excluding hydrogens is 546 g/mol. The first-order valence-electron chi connectivity index (χ1n) is 12.3. The molecule has 2 amide bonds. The van der Waals surface area contributed by atoms with Gasteiger partial charge in [-0.1, -0.05) is 6.92 Å². The van der Waals surface area contributed by atoms with E-state index in [-0.39, 0.29) is 32.8 Å². The summed E-state index contributed by atoms with van der Waals surface area (Å²) in [5.41, 5.74) is 0. The molecule has 0 aromatic rings. The van der Waals surface area contributed by atoms with Crippen LogP contribution >= 0.6 is 0 Å². The summed E-state index contributed by atoms with van der Waals surface area (Å²) in [5.74, 6) is -5.82. The number of aliphatic hydroxyl groups is 2. The molecule has 0 saturated carbocycles. The van der Waals surface area contributed by atoms with Crippen LogP contribution in [0.5, 0.6) is 0 Å². The lowest BCUT2D eigenvalue weighted by Crippen LogP contribution is -2.54. The molecule has 228 valence electrons. The van der Waals surface area contributed by atoms with Crippen molar-refractivity contribution in [2.24, 2.45) is 0 Å². The highest BCUT2D eigenvalue weighted by molar-refractivity contribution is 7.85. The van der Waals surface area contributed by atoms with E-state index in [0.717, 1.165) is 0 Å². The number of amides is 2. The van der Waals surface area contributed by atoms with Crippen LogP contribution in [0.3, 0.4) is 0 Å². The van der Waals surface area contributed by atoms with Crippen molar-refractivity contribution >= 4 is 33.9 Å². The van der Waals surface area contributed by atoms with Crippen molar-refractivity contribution < 1.29 is 62.0 Å². The number of hydrogen-bond acceptors (Lipinski definition) is 11. The first kappa shape index (κ1) is 36.6. The number of hydrogen-bond donors (Lipinski definition) is 6. The summed E-state index contributed by atoms with van der Waals surface area (Å²) in [4.78, 5) is 48.5. The molecule has 3 atom stereocenters. The summed E-state index contributed by atoms with van der Waals surface area (Å²) in [7, 11) is -4.80. The molecule has 0 radical (unpaired) electrons. The molecule has 0 aromatic heterocycles. The fraction of sp³-hybridized carbons (Fsp3) is 0.818. The van der Waals surface area contributed by atoms with E-state index in [1.54, 1.807) is 0 Å². The van der Waals surface area contributed by atoms with Gasteiger partial charge in [0.15, 0.2) is 0 Å². The van der Waals surface area contributed by atoms with Gasteiger partial charge in [-0.25, -0.2) is 0 Å². The number of carbonyl (C=O) groups is 4. The van der Waals surface area contributed by atoms with Gasteiger partial charge >= 0.3 is 11.9 Å². The van der Waals surface area contributed by atoms with Crippen LogP contribution in [0.15, 0.2) is 0 Å². The zero-order valence-electron chi connectivity index (χ0n) is 22.2. The van der Waals surface area contributed by atoms with Crippen molar-refractivity contribution in [1.29, 1.82) is 0 Å². The van der Waals surface area contributed by atoms with E-state index < -0.39 is 71.0 Å². The monoisotopic (exact) mass is 587 g/mol. The van der Waals surface area contributed by atoms with Gasteiger partial charge in [0.1, 0.15) is 6.04 Å². The first-order valence-corrected chi connectivity index (χ1v) is 13.9. The minimum atomic E-state index is -4.80. The highest BCUT2D eigenvalue weighted by atomic mass is 32.2. The topological polar surface area (TPSA) is 241 Å². The number of rotatable bonds is 23. The maximum Gasteiger partial charge on any atom is 0.317 e. The van der Waals surface area contributed by atoms with Gasteiger partial charge in [0, 0.05) is 39.8 Å². The molecular formula is C22H41N3O13S. The number of carbonyl (C=O) groups excluding carboxylic acids is 2. The van der Waals surface area contributed by atoms with E-state index in [1.807, 2.05) is 6.92 Å². The van der Waals surface area contributed by atoms with Crippen LogP contribution in [0.2, 0.25) is 0 Å². The van der Waals surface area contributed by atoms with Gasteiger partial charge < -0.3 is 40.1 Å². The number of ether oxygens (including phenoxy) is 2. The van der Waals surface area contributed by atoms with Crippen LogP contribution in [0, 0.1) is 0 Å². The fourth-order valence-corrected chi connectivity index (χ4v) is 4.01. The zero-order chi connectivity index (χ0) is 30.0. The lowest BCUT2D eigenvalue weighted by molar-refractivity contribution is -0.144. The lowest BCUT2D eigenvalue weighted by atomic mass is 10.2. The minimum absolute atomic E-state index is 0.0681. The molecule has 0 spiro atoms. The van der Waals surface area contributed by atoms with Crippen LogP contribution in [-0.2, 0) is 38.8 Å². The lowest BCUT2D eigenvalue weighted by Gasteiger charge is -2.28. The third kappa shape index (κ3) is 19.3. The van der Waals surface area contributed by atoms with E-state index in [2.05, 4.69) is 5.32 Å². The van der Waals surface area contributed by atoms with Gasteiger partial charge in [-0.3, -0.25) is 28.6 Å². The van der Waals surface area contributed by atoms with Gasteiger partial charge in [0.05, 0.1) is 44.3 Å². The molecule has 0 saturated heterocycles. The average molecular weight is 588 g/mol. The number of aliphatic hydroxyl groups excluding tert-OH is 2. The van der Waals surface area contributed by atoms with Gasteiger partial charge in [-0.15, -0.1) is 0 Å². The summed E-state index contributed by atoms with van der Waals surface area (Å²) < 4.78 is 42.6. The summed E-state index contributed by atoms with van der Waals surface area (Å²) in [5, 5.41) is 39.9. The summed E-state index contributed by atoms with van der Waals surface area (Å²) in [6.45, 7) is 1.61. The number of nitrogens with one attached hydrogen (secondary N) is 1. The number of carboxylic acids is 2. The fourth-order valence-electron chi connectivity index (χ4n) is 3.25. The Morgan fingerprint density at radius 1 is 0.923 bits per heavy atom.